The average molecular weight is 420 g/mol. The fourth-order valence-electron chi connectivity index (χ4n) is 3.71. The molecule has 0 radical (unpaired) electrons. The third kappa shape index (κ3) is 4.92. The first-order valence-electron chi connectivity index (χ1n) is 10.9. The van der Waals surface area contributed by atoms with Gasteiger partial charge in [-0.05, 0) is 74.4 Å². The Bertz CT molecular complexity index is 1160. The molecular weight excluding hydrogens is 390 g/mol. The summed E-state index contributed by atoms with van der Waals surface area (Å²) in [6.45, 7) is 6.30. The number of benzene rings is 4. The number of rotatable bonds is 6. The Hall–Kier alpha value is -3.78. The van der Waals surface area contributed by atoms with Crippen molar-refractivity contribution in [3.05, 3.63) is 119 Å². The molecule has 0 aromatic heterocycles. The van der Waals surface area contributed by atoms with Gasteiger partial charge in [0.2, 0.25) is 0 Å². The van der Waals surface area contributed by atoms with Gasteiger partial charge in [0.1, 0.15) is 5.75 Å². The summed E-state index contributed by atoms with van der Waals surface area (Å²) in [5.41, 5.74) is 9.33. The van der Waals surface area contributed by atoms with Crippen LogP contribution in [0.5, 0.6) is 5.75 Å². The highest BCUT2D eigenvalue weighted by atomic mass is 16.5. The van der Waals surface area contributed by atoms with Crippen LogP contribution in [0.4, 0.5) is 17.1 Å². The molecule has 2 heteroatoms. The van der Waals surface area contributed by atoms with Crippen LogP contribution in [0.15, 0.2) is 91.0 Å². The Balaban J connectivity index is 1.65. The largest absolute Gasteiger partial charge is 0.496 e. The molecule has 0 aliphatic rings. The molecular formula is C30H29NO. The lowest BCUT2D eigenvalue weighted by molar-refractivity contribution is 0.413. The third-order valence-electron chi connectivity index (χ3n) is 5.58. The van der Waals surface area contributed by atoms with E-state index in [1.165, 1.54) is 16.7 Å². The zero-order valence-corrected chi connectivity index (χ0v) is 19.2. The van der Waals surface area contributed by atoms with Crippen LogP contribution in [-0.2, 0) is 0 Å². The van der Waals surface area contributed by atoms with E-state index in [0.29, 0.717) is 0 Å². The van der Waals surface area contributed by atoms with Gasteiger partial charge in [0.25, 0.3) is 0 Å². The number of aryl methyl sites for hydroxylation is 3. The summed E-state index contributed by atoms with van der Waals surface area (Å²) in [4.78, 5) is 2.29. The highest BCUT2D eigenvalue weighted by Crippen LogP contribution is 2.35. The van der Waals surface area contributed by atoms with E-state index in [4.69, 9.17) is 4.74 Å². The zero-order valence-electron chi connectivity index (χ0n) is 19.2. The van der Waals surface area contributed by atoms with Crippen molar-refractivity contribution in [2.24, 2.45) is 0 Å². The molecule has 0 aliphatic heterocycles. The third-order valence-corrected chi connectivity index (χ3v) is 5.58. The number of methoxy groups -OCH3 is 1. The van der Waals surface area contributed by atoms with Crippen molar-refractivity contribution in [3.63, 3.8) is 0 Å². The van der Waals surface area contributed by atoms with Crippen molar-refractivity contribution in [1.29, 1.82) is 0 Å². The van der Waals surface area contributed by atoms with Crippen molar-refractivity contribution in [3.8, 4) is 5.75 Å². The van der Waals surface area contributed by atoms with Gasteiger partial charge in [-0.2, -0.15) is 0 Å². The Morgan fingerprint density at radius 1 is 0.562 bits per heavy atom. The normalized spacial score (nSPS) is 11.0. The van der Waals surface area contributed by atoms with Crippen LogP contribution in [0.3, 0.4) is 0 Å². The summed E-state index contributed by atoms with van der Waals surface area (Å²) in [7, 11) is 1.71. The summed E-state index contributed by atoms with van der Waals surface area (Å²) in [5, 5.41) is 0. The van der Waals surface area contributed by atoms with Crippen molar-refractivity contribution >= 4 is 29.2 Å². The first kappa shape index (κ1) is 21.5. The summed E-state index contributed by atoms with van der Waals surface area (Å²) >= 11 is 0. The smallest absolute Gasteiger partial charge is 0.126 e. The highest BCUT2D eigenvalue weighted by molar-refractivity contribution is 5.78. The van der Waals surface area contributed by atoms with Gasteiger partial charge in [0, 0.05) is 22.6 Å². The van der Waals surface area contributed by atoms with Gasteiger partial charge in [-0.1, -0.05) is 71.8 Å². The molecule has 4 aromatic rings. The van der Waals surface area contributed by atoms with Crippen LogP contribution in [-0.4, -0.2) is 7.11 Å². The van der Waals surface area contributed by atoms with Gasteiger partial charge in [0.15, 0.2) is 0 Å². The number of ether oxygens (including phenoxy) is 1. The second kappa shape index (κ2) is 9.57. The molecule has 0 saturated carbocycles. The lowest BCUT2D eigenvalue weighted by atomic mass is 10.1. The molecule has 0 amide bonds. The molecule has 0 fully saturated rings. The summed E-state index contributed by atoms with van der Waals surface area (Å²) in [5.74, 6) is 0.891. The van der Waals surface area contributed by atoms with Crippen LogP contribution in [0.25, 0.3) is 12.2 Å². The van der Waals surface area contributed by atoms with Gasteiger partial charge in [-0.25, -0.2) is 0 Å². The Morgan fingerprint density at radius 3 is 1.53 bits per heavy atom. The van der Waals surface area contributed by atoms with Gasteiger partial charge in [-0.15, -0.1) is 0 Å². The maximum Gasteiger partial charge on any atom is 0.126 e. The zero-order chi connectivity index (χ0) is 22.5. The number of hydrogen-bond acceptors (Lipinski definition) is 2. The molecule has 0 aliphatic carbocycles. The topological polar surface area (TPSA) is 12.5 Å². The van der Waals surface area contributed by atoms with E-state index < -0.39 is 0 Å². The average Bonchev–Trinajstić information content (AvgIpc) is 2.81. The van der Waals surface area contributed by atoms with Gasteiger partial charge in [0.05, 0.1) is 7.11 Å². The maximum absolute atomic E-state index is 5.52. The quantitative estimate of drug-likeness (QED) is 0.292. The molecule has 32 heavy (non-hydrogen) atoms. The molecule has 0 heterocycles. The summed E-state index contributed by atoms with van der Waals surface area (Å²) < 4.78 is 5.52. The highest BCUT2D eigenvalue weighted by Gasteiger charge is 2.12. The molecule has 0 spiro atoms. The lowest BCUT2D eigenvalue weighted by Crippen LogP contribution is -2.09. The van der Waals surface area contributed by atoms with Crippen molar-refractivity contribution in [2.75, 3.05) is 12.0 Å². The molecule has 0 saturated heterocycles. The minimum absolute atomic E-state index is 0.891. The molecule has 160 valence electrons. The Kier molecular flexibility index (Phi) is 6.42. The summed E-state index contributed by atoms with van der Waals surface area (Å²) in [6, 6.07) is 32.2. The lowest BCUT2D eigenvalue weighted by Gasteiger charge is -2.25. The monoisotopic (exact) mass is 419 g/mol. The molecule has 4 aromatic carbocycles. The van der Waals surface area contributed by atoms with Crippen molar-refractivity contribution < 1.29 is 4.74 Å². The number of nitrogens with zero attached hydrogens (tertiary/aromatic N) is 1. The fraction of sp³-hybridized carbons (Fsp3) is 0.133. The van der Waals surface area contributed by atoms with Crippen molar-refractivity contribution in [1.82, 2.24) is 0 Å². The van der Waals surface area contributed by atoms with E-state index in [9.17, 15) is 0 Å². The second-order valence-corrected chi connectivity index (χ2v) is 8.18. The Morgan fingerprint density at radius 2 is 1.03 bits per heavy atom. The van der Waals surface area contributed by atoms with Crippen LogP contribution in [0.2, 0.25) is 0 Å². The number of anilines is 3. The van der Waals surface area contributed by atoms with Gasteiger partial charge in [-0.3, -0.25) is 0 Å². The SMILES string of the molecule is COc1cc(C)ccc1/C=C/c1ccc(N(c2ccc(C)cc2)c2ccc(C)cc2)cc1. The standard InChI is InChI=1S/C30H29NO/c1-22-6-15-27(16-7-22)31(28-17-8-23(2)9-18-28)29-19-11-25(12-20-29)10-14-26-13-5-24(3)21-30(26)32-4/h5-21H,1-4H3/b14-10+. The van der Waals surface area contributed by atoms with Crippen LogP contribution < -0.4 is 9.64 Å². The molecule has 0 unspecified atom stereocenters. The van der Waals surface area contributed by atoms with Crippen LogP contribution >= 0.6 is 0 Å². The van der Waals surface area contributed by atoms with Gasteiger partial charge >= 0.3 is 0 Å². The first-order chi connectivity index (χ1) is 15.5. The first-order valence-corrected chi connectivity index (χ1v) is 10.9. The van der Waals surface area contributed by atoms with E-state index in [0.717, 1.165) is 33.9 Å². The molecule has 0 bridgehead atoms. The molecule has 4 rings (SSSR count). The van der Waals surface area contributed by atoms with E-state index in [1.807, 2.05) is 0 Å². The maximum atomic E-state index is 5.52. The summed E-state index contributed by atoms with van der Waals surface area (Å²) in [6.07, 6.45) is 4.23. The van der Waals surface area contributed by atoms with E-state index in [1.54, 1.807) is 7.11 Å². The van der Waals surface area contributed by atoms with Crippen LogP contribution in [0, 0.1) is 20.8 Å². The second-order valence-electron chi connectivity index (χ2n) is 8.18. The van der Waals surface area contributed by atoms with Crippen molar-refractivity contribution in [2.45, 2.75) is 20.8 Å². The molecule has 0 N–H and O–H groups in total. The molecule has 0 atom stereocenters. The Labute approximate surface area is 191 Å². The minimum Gasteiger partial charge on any atom is -0.496 e. The van der Waals surface area contributed by atoms with E-state index >= 15 is 0 Å². The van der Waals surface area contributed by atoms with E-state index in [-0.39, 0.29) is 0 Å². The predicted octanol–water partition coefficient (Wildman–Crippen LogP) is 8.26. The minimum atomic E-state index is 0.891. The van der Waals surface area contributed by atoms with Crippen LogP contribution in [0.1, 0.15) is 27.8 Å². The molecule has 2 nitrogen and oxygen atoms in total. The predicted molar refractivity (Wildman–Crippen MR) is 137 cm³/mol. The van der Waals surface area contributed by atoms with E-state index in [2.05, 4.69) is 129 Å². The van der Waals surface area contributed by atoms with Gasteiger partial charge < -0.3 is 9.64 Å². The number of hydrogen-bond donors (Lipinski definition) is 0. The fourth-order valence-corrected chi connectivity index (χ4v) is 3.71.